The van der Waals surface area contributed by atoms with E-state index in [0.29, 0.717) is 7.25 Å². The Bertz CT molecular complexity index is 1410. The number of fused-ring (bicyclic) bond motifs is 6. The molecule has 0 aromatic heterocycles. The Labute approximate surface area is 219 Å². The predicted molar refractivity (Wildman–Crippen MR) is 149 cm³/mol. The zero-order valence-electron chi connectivity index (χ0n) is 21.2. The van der Waals surface area contributed by atoms with Crippen LogP contribution in [0.25, 0.3) is 12.2 Å². The third-order valence-electron chi connectivity index (χ3n) is 9.05. The normalized spacial score (nSPS) is 20.6. The summed E-state index contributed by atoms with van der Waals surface area (Å²) in [4.78, 5) is 0. The van der Waals surface area contributed by atoms with Gasteiger partial charge in [-0.05, 0) is 0 Å². The summed E-state index contributed by atoms with van der Waals surface area (Å²) in [6.45, 7) is 4.61. The van der Waals surface area contributed by atoms with Crippen LogP contribution >= 0.6 is 0 Å². The Balaban J connectivity index is 1.52. The molecule has 0 saturated carbocycles. The van der Waals surface area contributed by atoms with Gasteiger partial charge in [0.1, 0.15) is 0 Å². The van der Waals surface area contributed by atoms with Gasteiger partial charge in [0.05, 0.1) is 0 Å². The number of hydrogen-bond donors (Lipinski definition) is 0. The van der Waals surface area contributed by atoms with Gasteiger partial charge >= 0.3 is 221 Å². The Morgan fingerprint density at radius 1 is 0.556 bits per heavy atom. The Morgan fingerprint density at radius 3 is 1.44 bits per heavy atom. The quantitative estimate of drug-likeness (QED) is 0.241. The van der Waals surface area contributed by atoms with E-state index in [0.717, 1.165) is 6.42 Å². The molecule has 2 unspecified atom stereocenters. The molecule has 0 N–H and O–H groups in total. The molecule has 1 heteroatoms. The van der Waals surface area contributed by atoms with Crippen LogP contribution in [0.15, 0.2) is 108 Å². The van der Waals surface area contributed by atoms with Gasteiger partial charge in [0.2, 0.25) is 0 Å². The van der Waals surface area contributed by atoms with Crippen molar-refractivity contribution < 1.29 is 20.3 Å². The van der Waals surface area contributed by atoms with E-state index >= 15 is 0 Å². The van der Waals surface area contributed by atoms with Crippen LogP contribution in [0.2, 0.25) is 0 Å². The summed E-state index contributed by atoms with van der Waals surface area (Å²) >= 11 is -3.20. The standard InChI is InChI=1S/C21H18.2C7H7.Zr/c1-14-5-3-7-18-10-16(12-20(14)18)9-17-11-19-8-4-6-15(2)21(19)13-17;2*1-7-5-3-2-4-6-7;/h3-8,10-13H,9H2,1-2H3;2*2-6H,1H2;. The third kappa shape index (κ3) is 3.43. The molecule has 1 heterocycles. The third-order valence-corrected chi connectivity index (χ3v) is 23.3. The van der Waals surface area contributed by atoms with E-state index in [9.17, 15) is 0 Å². The van der Waals surface area contributed by atoms with Crippen molar-refractivity contribution in [3.05, 3.63) is 153 Å². The molecule has 2 atom stereocenters. The predicted octanol–water partition coefficient (Wildman–Crippen LogP) is 8.84. The maximum absolute atomic E-state index is 3.20. The summed E-state index contributed by atoms with van der Waals surface area (Å²) in [7, 11) is 0. The van der Waals surface area contributed by atoms with E-state index in [4.69, 9.17) is 0 Å². The van der Waals surface area contributed by atoms with Crippen molar-refractivity contribution in [1.82, 2.24) is 0 Å². The zero-order chi connectivity index (χ0) is 24.3. The average molecular weight is 544 g/mol. The molecule has 0 nitrogen and oxygen atoms in total. The van der Waals surface area contributed by atoms with Crippen molar-refractivity contribution in [2.75, 3.05) is 0 Å². The first-order valence-corrected chi connectivity index (χ1v) is 19.6. The molecule has 0 bridgehead atoms. The van der Waals surface area contributed by atoms with Crippen molar-refractivity contribution in [3.8, 4) is 0 Å². The fourth-order valence-electron chi connectivity index (χ4n) is 7.73. The molecule has 1 fully saturated rings. The molecule has 3 aliphatic rings. The van der Waals surface area contributed by atoms with Crippen LogP contribution in [0, 0.1) is 13.8 Å². The molecule has 0 spiro atoms. The second kappa shape index (κ2) is 8.67. The minimum atomic E-state index is -3.20. The summed E-state index contributed by atoms with van der Waals surface area (Å²) in [5.74, 6) is 0. The molecule has 0 amide bonds. The van der Waals surface area contributed by atoms with Crippen molar-refractivity contribution >= 4 is 12.2 Å². The van der Waals surface area contributed by atoms with Gasteiger partial charge in [0.15, 0.2) is 0 Å². The fraction of sp³-hybridized carbons (Fsp3) is 0.200. The summed E-state index contributed by atoms with van der Waals surface area (Å²) in [5, 5.41) is 0. The van der Waals surface area contributed by atoms with Crippen LogP contribution in [-0.4, -0.2) is 0 Å². The van der Waals surface area contributed by atoms with Gasteiger partial charge in [0.25, 0.3) is 0 Å². The second-order valence-electron chi connectivity index (χ2n) is 11.2. The molecule has 4 aromatic rings. The van der Waals surface area contributed by atoms with Gasteiger partial charge < -0.3 is 0 Å². The van der Waals surface area contributed by atoms with Crippen molar-refractivity contribution in [1.29, 1.82) is 0 Å². The van der Waals surface area contributed by atoms with Crippen LogP contribution in [0.1, 0.15) is 58.2 Å². The first kappa shape index (κ1) is 22.4. The average Bonchev–Trinajstić information content (AvgIpc) is 3.46. The summed E-state index contributed by atoms with van der Waals surface area (Å²) < 4.78 is 3.80. The summed E-state index contributed by atoms with van der Waals surface area (Å²) in [6, 6.07) is 37.0. The van der Waals surface area contributed by atoms with Crippen LogP contribution in [0.3, 0.4) is 0 Å². The molecule has 1 aliphatic heterocycles. The molecule has 1 saturated heterocycles. The Morgan fingerprint density at radius 2 is 1.00 bits per heavy atom. The second-order valence-corrected chi connectivity index (χ2v) is 21.8. The van der Waals surface area contributed by atoms with Crippen molar-refractivity contribution in [2.45, 2.75) is 35.8 Å². The molecule has 2 aliphatic carbocycles. The van der Waals surface area contributed by atoms with E-state index in [2.05, 4.69) is 123 Å². The number of benzene rings is 4. The van der Waals surface area contributed by atoms with Gasteiger partial charge in [-0.2, -0.15) is 0 Å². The first-order chi connectivity index (χ1) is 17.6. The number of rotatable bonds is 4. The zero-order valence-corrected chi connectivity index (χ0v) is 23.6. The molecule has 7 rings (SSSR count). The first-order valence-electron chi connectivity index (χ1n) is 13.3. The Kier molecular flexibility index (Phi) is 5.41. The van der Waals surface area contributed by atoms with Gasteiger partial charge in [0, 0.05) is 0 Å². The van der Waals surface area contributed by atoms with Crippen LogP contribution < -0.4 is 0 Å². The van der Waals surface area contributed by atoms with Gasteiger partial charge in [-0.3, -0.25) is 0 Å². The molecule has 176 valence electrons. The molecule has 0 radical (unpaired) electrons. The van der Waals surface area contributed by atoms with Gasteiger partial charge in [-0.15, -0.1) is 0 Å². The number of allylic oxidation sites excluding steroid dienone is 2. The van der Waals surface area contributed by atoms with Crippen molar-refractivity contribution in [2.24, 2.45) is 0 Å². The van der Waals surface area contributed by atoms with E-state index < -0.39 is 20.3 Å². The van der Waals surface area contributed by atoms with Gasteiger partial charge in [-0.25, -0.2) is 0 Å². The maximum atomic E-state index is 2.60. The topological polar surface area (TPSA) is 0 Å². The van der Waals surface area contributed by atoms with Crippen molar-refractivity contribution in [3.63, 3.8) is 0 Å². The van der Waals surface area contributed by atoms with E-state index in [1.165, 1.54) is 41.6 Å². The number of aryl methyl sites for hydroxylation is 2. The van der Waals surface area contributed by atoms with Crippen LogP contribution in [-0.2, 0) is 28.5 Å². The summed E-state index contributed by atoms with van der Waals surface area (Å²) in [6.07, 6.45) is 6.34. The minimum absolute atomic E-state index is 0.628. The fourth-order valence-corrected chi connectivity index (χ4v) is 24.6. The molecular weight excluding hydrogens is 512 g/mol. The number of hydrogen-bond acceptors (Lipinski definition) is 0. The molecule has 36 heavy (non-hydrogen) atoms. The monoisotopic (exact) mass is 542 g/mol. The van der Waals surface area contributed by atoms with Gasteiger partial charge in [-0.1, -0.05) is 0 Å². The molecule has 4 aromatic carbocycles. The molecular formula is C35H32Zr. The van der Waals surface area contributed by atoms with Crippen LogP contribution in [0.4, 0.5) is 0 Å². The van der Waals surface area contributed by atoms with E-state index in [1.54, 1.807) is 22.3 Å². The summed E-state index contributed by atoms with van der Waals surface area (Å²) in [5.41, 5.74) is 15.6. The van der Waals surface area contributed by atoms with E-state index in [-0.39, 0.29) is 0 Å². The van der Waals surface area contributed by atoms with E-state index in [1.807, 2.05) is 0 Å². The van der Waals surface area contributed by atoms with Crippen LogP contribution in [0.5, 0.6) is 0 Å². The Hall–Kier alpha value is -2.76. The SMILES string of the molecule is Cc1cccc2c1C=C1CC3=Cc4c(C)cccc4[CH]3[Zr]([CH2]c3ccccc3)([CH2]c3ccccc3)[CH]12.